The Balaban J connectivity index is 0.000000449. The van der Waals surface area contributed by atoms with Gasteiger partial charge in [-0.2, -0.15) is 0 Å². The van der Waals surface area contributed by atoms with Gasteiger partial charge in [-0.1, -0.05) is 190 Å². The van der Waals surface area contributed by atoms with Crippen LogP contribution in [0.4, 0.5) is 0 Å². The molecule has 77 heavy (non-hydrogen) atoms. The van der Waals surface area contributed by atoms with Crippen LogP contribution in [0.15, 0.2) is 0 Å². The molecule has 0 amide bonds. The van der Waals surface area contributed by atoms with Crippen LogP contribution in [-0.4, -0.2) is 78.5 Å². The Bertz CT molecular complexity index is 1140. The molecule has 0 aliphatic heterocycles. The van der Waals surface area contributed by atoms with Gasteiger partial charge in [0.05, 0.1) is 42.7 Å². The van der Waals surface area contributed by atoms with Crippen LogP contribution in [0.5, 0.6) is 0 Å². The van der Waals surface area contributed by atoms with Crippen LogP contribution in [0.3, 0.4) is 0 Å². The first-order valence-corrected chi connectivity index (χ1v) is 33.5. The van der Waals surface area contributed by atoms with Gasteiger partial charge in [-0.25, -0.2) is 0 Å². The first-order valence-electron chi connectivity index (χ1n) is 33.5. The largest absolute Gasteiger partial charge is 0.393 e. The second kappa shape index (κ2) is 38.6. The van der Waals surface area contributed by atoms with Crippen molar-refractivity contribution in [2.75, 3.05) is 0 Å². The predicted molar refractivity (Wildman–Crippen MR) is 331 cm³/mol. The SMILES string of the molecule is CC1CCC(C(C)C)C(O)C1.CC1CCC(C(C)C)C(O)C1.CC1CCC(C(C)C)C(O)C1.CC1CCC(C(C)C)C(O)C1.CC1CCC(C(C)C)C(O)C1.CC1CCC(C(C)C)C(O)C1.CC1CCC(C(C)C)C(O)C1. The summed E-state index contributed by atoms with van der Waals surface area (Å²) >= 11 is 0. The van der Waals surface area contributed by atoms with E-state index in [2.05, 4.69) is 145 Å². The van der Waals surface area contributed by atoms with Gasteiger partial charge in [0.25, 0.3) is 0 Å². The maximum Gasteiger partial charge on any atom is 0.0573 e. The average Bonchev–Trinajstić information content (AvgIpc) is 3.29. The lowest BCUT2D eigenvalue weighted by molar-refractivity contribution is 0.0263. The standard InChI is InChI=1S/7C10H20O/c7*1-7(2)9-5-4-8(3)6-10(9)11/h7*7-11H,4-6H2,1-3H3. The van der Waals surface area contributed by atoms with Crippen LogP contribution in [0.2, 0.25) is 0 Å². The fraction of sp³-hybridized carbons (Fsp3) is 1.00. The van der Waals surface area contributed by atoms with Crippen LogP contribution in [0.25, 0.3) is 0 Å². The third-order valence-electron chi connectivity index (χ3n) is 20.9. The highest BCUT2D eigenvalue weighted by molar-refractivity contribution is 4.85. The van der Waals surface area contributed by atoms with Crippen molar-refractivity contribution in [2.45, 2.75) is 323 Å². The van der Waals surface area contributed by atoms with Gasteiger partial charge in [-0.15, -0.1) is 0 Å². The molecule has 7 N–H and O–H groups in total. The summed E-state index contributed by atoms with van der Waals surface area (Å²) in [7, 11) is 0. The lowest BCUT2D eigenvalue weighted by Gasteiger charge is -2.33. The van der Waals surface area contributed by atoms with Gasteiger partial charge >= 0.3 is 0 Å². The van der Waals surface area contributed by atoms with E-state index in [1.165, 1.54) is 89.9 Å². The van der Waals surface area contributed by atoms with Crippen molar-refractivity contribution in [2.24, 2.45) is 124 Å². The van der Waals surface area contributed by atoms with Crippen molar-refractivity contribution >= 4 is 0 Å². The van der Waals surface area contributed by atoms with E-state index in [0.29, 0.717) is 82.9 Å². The Morgan fingerprint density at radius 3 is 0.338 bits per heavy atom. The molecule has 7 aliphatic carbocycles. The number of aliphatic hydroxyl groups excluding tert-OH is 7. The minimum atomic E-state index is -0.0289. The van der Waals surface area contributed by atoms with E-state index in [1.54, 1.807) is 0 Å². The third kappa shape index (κ3) is 29.2. The summed E-state index contributed by atoms with van der Waals surface area (Å²) in [6.07, 6.45) is 24.6. The van der Waals surface area contributed by atoms with Gasteiger partial charge in [0.15, 0.2) is 0 Å². The van der Waals surface area contributed by atoms with Crippen LogP contribution in [-0.2, 0) is 0 Å². The van der Waals surface area contributed by atoms with Gasteiger partial charge < -0.3 is 35.7 Å². The molecule has 7 aliphatic rings. The summed E-state index contributed by atoms with van der Waals surface area (Å²) in [5.41, 5.74) is 0. The summed E-state index contributed by atoms with van der Waals surface area (Å²) in [5, 5.41) is 68.0. The summed E-state index contributed by atoms with van der Waals surface area (Å²) in [5.74, 6) is 13.6. The second-order valence-corrected chi connectivity index (χ2v) is 30.8. The van der Waals surface area contributed by atoms with Gasteiger partial charge in [0.1, 0.15) is 0 Å². The lowest BCUT2D eigenvalue weighted by Crippen LogP contribution is -2.31. The molecule has 21 atom stereocenters. The zero-order valence-corrected chi connectivity index (χ0v) is 55.1. The smallest absolute Gasteiger partial charge is 0.0573 e. The van der Waals surface area contributed by atoms with Gasteiger partial charge in [-0.05, 0) is 214 Å². The van der Waals surface area contributed by atoms with Gasteiger partial charge in [0, 0.05) is 0 Å². The molecule has 462 valence electrons. The van der Waals surface area contributed by atoms with E-state index < -0.39 is 0 Å². The molecule has 0 aromatic heterocycles. The highest BCUT2D eigenvalue weighted by atomic mass is 16.3. The van der Waals surface area contributed by atoms with Crippen LogP contribution in [0.1, 0.15) is 280 Å². The molecule has 0 aromatic rings. The highest BCUT2D eigenvalue weighted by Crippen LogP contribution is 2.38. The zero-order valence-electron chi connectivity index (χ0n) is 55.1. The number of rotatable bonds is 7. The molecular formula is C70H140O7. The average molecular weight is 1090 g/mol. The summed E-state index contributed by atoms with van der Waals surface area (Å²) in [6, 6.07) is 0. The Labute approximate surface area is 480 Å². The van der Waals surface area contributed by atoms with E-state index in [4.69, 9.17) is 0 Å². The molecule has 7 rings (SSSR count). The molecule has 21 unspecified atom stereocenters. The summed E-state index contributed by atoms with van der Waals surface area (Å²) in [6.45, 7) is 46.6. The molecule has 0 bridgehead atoms. The molecule has 0 saturated heterocycles. The van der Waals surface area contributed by atoms with Crippen LogP contribution < -0.4 is 0 Å². The van der Waals surface area contributed by atoms with Crippen molar-refractivity contribution in [3.8, 4) is 0 Å². The first-order chi connectivity index (χ1) is 35.8. The van der Waals surface area contributed by atoms with E-state index in [0.717, 1.165) is 86.4 Å². The van der Waals surface area contributed by atoms with Crippen LogP contribution >= 0.6 is 0 Å². The molecule has 7 fully saturated rings. The van der Waals surface area contributed by atoms with Crippen molar-refractivity contribution in [3.63, 3.8) is 0 Å². The minimum Gasteiger partial charge on any atom is -0.393 e. The molecule has 0 spiro atoms. The fourth-order valence-electron chi connectivity index (χ4n) is 15.1. The Morgan fingerprint density at radius 2 is 0.273 bits per heavy atom. The Morgan fingerprint density at radius 1 is 0.182 bits per heavy atom. The van der Waals surface area contributed by atoms with E-state index in [9.17, 15) is 35.7 Å². The monoisotopic (exact) mass is 1090 g/mol. The van der Waals surface area contributed by atoms with Crippen LogP contribution in [0, 0.1) is 124 Å². The molecule has 7 heteroatoms. The van der Waals surface area contributed by atoms with Crippen molar-refractivity contribution in [1.29, 1.82) is 0 Å². The van der Waals surface area contributed by atoms with Gasteiger partial charge in [-0.3, -0.25) is 0 Å². The first kappa shape index (κ1) is 74.7. The molecular weight excluding hydrogens is 953 g/mol. The fourth-order valence-corrected chi connectivity index (χ4v) is 15.1. The zero-order chi connectivity index (χ0) is 59.0. The maximum atomic E-state index is 9.71. The maximum absolute atomic E-state index is 9.71. The van der Waals surface area contributed by atoms with E-state index in [1.807, 2.05) is 0 Å². The Kier molecular flexibility index (Phi) is 37.4. The molecule has 0 radical (unpaired) electrons. The highest BCUT2D eigenvalue weighted by Gasteiger charge is 2.34. The molecule has 7 saturated carbocycles. The van der Waals surface area contributed by atoms with E-state index >= 15 is 0 Å². The quantitative estimate of drug-likeness (QED) is 0.135. The summed E-state index contributed by atoms with van der Waals surface area (Å²) in [4.78, 5) is 0. The van der Waals surface area contributed by atoms with E-state index in [-0.39, 0.29) is 42.7 Å². The van der Waals surface area contributed by atoms with Crippen molar-refractivity contribution in [1.82, 2.24) is 0 Å². The minimum absolute atomic E-state index is 0.0289. The summed E-state index contributed by atoms with van der Waals surface area (Å²) < 4.78 is 0. The molecule has 7 nitrogen and oxygen atoms in total. The number of aliphatic hydroxyl groups is 7. The van der Waals surface area contributed by atoms with Gasteiger partial charge in [0.2, 0.25) is 0 Å². The van der Waals surface area contributed by atoms with Crippen molar-refractivity contribution < 1.29 is 35.7 Å². The molecule has 0 heterocycles. The second-order valence-electron chi connectivity index (χ2n) is 30.8. The van der Waals surface area contributed by atoms with Crippen molar-refractivity contribution in [3.05, 3.63) is 0 Å². The topological polar surface area (TPSA) is 142 Å². The Hall–Kier alpha value is -0.280. The third-order valence-corrected chi connectivity index (χ3v) is 20.9. The normalized spacial score (nSPS) is 39.5. The molecule has 0 aromatic carbocycles. The lowest BCUT2D eigenvalue weighted by atomic mass is 9.75. The predicted octanol–water partition coefficient (Wildman–Crippen LogP) is 17.1. The number of hydrogen-bond acceptors (Lipinski definition) is 7. The number of hydrogen-bond donors (Lipinski definition) is 7.